The molecule has 0 radical (unpaired) electrons. The summed E-state index contributed by atoms with van der Waals surface area (Å²) in [5.41, 5.74) is 0.801. The van der Waals surface area contributed by atoms with Gasteiger partial charge in [-0.3, -0.25) is 19.8 Å². The molecule has 4 rings (SSSR count). The molecule has 3 aromatic rings. The van der Waals surface area contributed by atoms with Crippen LogP contribution in [0.25, 0.3) is 10.2 Å². The number of nitrogens with zero attached hydrogens (tertiary/aromatic N) is 4. The molecule has 1 saturated heterocycles. The summed E-state index contributed by atoms with van der Waals surface area (Å²) in [6, 6.07) is 11.9. The molecule has 1 amide bonds. The molecule has 1 aliphatic heterocycles. The molecule has 162 valence electrons. The summed E-state index contributed by atoms with van der Waals surface area (Å²) in [6.07, 6.45) is 0. The minimum absolute atomic E-state index is 0.0867. The zero-order valence-electron chi connectivity index (χ0n) is 17.1. The van der Waals surface area contributed by atoms with Gasteiger partial charge in [0.05, 0.1) is 16.7 Å². The van der Waals surface area contributed by atoms with Crippen molar-refractivity contribution in [2.75, 3.05) is 51.3 Å². The molecular formula is C21H23N5O4S. The van der Waals surface area contributed by atoms with E-state index < -0.39 is 10.8 Å². The number of carbonyl (C=O) groups excluding carboxylic acids is 1. The number of rotatable bonds is 7. The third-order valence-electron chi connectivity index (χ3n) is 5.29. The molecule has 0 saturated carbocycles. The van der Waals surface area contributed by atoms with Gasteiger partial charge >= 0.3 is 0 Å². The van der Waals surface area contributed by atoms with Gasteiger partial charge < -0.3 is 15.0 Å². The highest BCUT2D eigenvalue weighted by Crippen LogP contribution is 2.34. The maximum atomic E-state index is 12.3. The van der Waals surface area contributed by atoms with E-state index in [1.807, 2.05) is 12.1 Å². The third-order valence-corrected chi connectivity index (χ3v) is 6.37. The number of piperazine rings is 1. The van der Waals surface area contributed by atoms with Crippen molar-refractivity contribution in [2.45, 2.75) is 0 Å². The van der Waals surface area contributed by atoms with E-state index in [-0.39, 0.29) is 11.3 Å². The van der Waals surface area contributed by atoms with Crippen LogP contribution in [-0.2, 0) is 0 Å². The van der Waals surface area contributed by atoms with Gasteiger partial charge in [0.25, 0.3) is 11.6 Å². The minimum atomic E-state index is -0.536. The van der Waals surface area contributed by atoms with Gasteiger partial charge in [0, 0.05) is 45.3 Å². The number of methoxy groups -OCH3 is 1. The van der Waals surface area contributed by atoms with E-state index in [4.69, 9.17) is 9.72 Å². The van der Waals surface area contributed by atoms with E-state index in [0.717, 1.165) is 47.3 Å². The maximum Gasteiger partial charge on any atom is 0.282 e. The van der Waals surface area contributed by atoms with E-state index in [1.165, 1.54) is 12.1 Å². The summed E-state index contributed by atoms with van der Waals surface area (Å²) in [6.45, 7) is 4.53. The number of aromatic nitrogens is 1. The fraction of sp³-hybridized carbons (Fsp3) is 0.333. The van der Waals surface area contributed by atoms with Gasteiger partial charge in [-0.15, -0.1) is 0 Å². The Morgan fingerprint density at radius 3 is 2.71 bits per heavy atom. The second-order valence-corrected chi connectivity index (χ2v) is 8.17. The zero-order valence-corrected chi connectivity index (χ0v) is 17.9. The summed E-state index contributed by atoms with van der Waals surface area (Å²) >= 11 is 1.66. The Morgan fingerprint density at radius 2 is 1.97 bits per heavy atom. The summed E-state index contributed by atoms with van der Waals surface area (Å²) in [5, 5.41) is 14.9. The number of carbonyl (C=O) groups is 1. The molecule has 31 heavy (non-hydrogen) atoms. The van der Waals surface area contributed by atoms with Crippen molar-refractivity contribution in [3.8, 4) is 5.75 Å². The smallest absolute Gasteiger partial charge is 0.282 e. The highest BCUT2D eigenvalue weighted by molar-refractivity contribution is 7.22. The van der Waals surface area contributed by atoms with Crippen molar-refractivity contribution in [2.24, 2.45) is 0 Å². The normalized spacial score (nSPS) is 14.5. The molecule has 2 heterocycles. The summed E-state index contributed by atoms with van der Waals surface area (Å²) in [4.78, 5) is 32.2. The van der Waals surface area contributed by atoms with Crippen molar-refractivity contribution in [1.29, 1.82) is 0 Å². The molecule has 0 unspecified atom stereocenters. The Labute approximate surface area is 183 Å². The van der Waals surface area contributed by atoms with Crippen molar-refractivity contribution < 1.29 is 14.5 Å². The van der Waals surface area contributed by atoms with Crippen LogP contribution < -0.4 is 15.0 Å². The second-order valence-electron chi connectivity index (χ2n) is 7.16. The number of amides is 1. The number of fused-ring (bicyclic) bond motifs is 1. The standard InChI is InChI=1S/C21H23N5O4S/c1-30-17-7-4-8-18-19(17)23-21(31-18)25-13-11-24(12-14-25)10-9-22-20(27)15-5-2-3-6-16(15)26(28)29/h2-8H,9-14H2,1H3,(H,22,27). The molecule has 0 atom stereocenters. The molecule has 1 N–H and O–H groups in total. The van der Waals surface area contributed by atoms with Crippen LogP contribution in [0, 0.1) is 10.1 Å². The highest BCUT2D eigenvalue weighted by Gasteiger charge is 2.22. The van der Waals surface area contributed by atoms with Gasteiger partial charge in [-0.25, -0.2) is 4.98 Å². The molecule has 0 spiro atoms. The fourth-order valence-electron chi connectivity index (χ4n) is 3.62. The molecule has 0 bridgehead atoms. The van der Waals surface area contributed by atoms with Crippen LogP contribution in [0.3, 0.4) is 0 Å². The van der Waals surface area contributed by atoms with Gasteiger partial charge in [0.1, 0.15) is 16.8 Å². The van der Waals surface area contributed by atoms with Crippen LogP contribution in [0.1, 0.15) is 10.4 Å². The lowest BCUT2D eigenvalue weighted by Crippen LogP contribution is -2.48. The predicted octanol–water partition coefficient (Wildman–Crippen LogP) is 2.77. The monoisotopic (exact) mass is 441 g/mol. The van der Waals surface area contributed by atoms with Gasteiger partial charge in [-0.1, -0.05) is 29.5 Å². The van der Waals surface area contributed by atoms with E-state index in [9.17, 15) is 14.9 Å². The highest BCUT2D eigenvalue weighted by atomic mass is 32.1. The quantitative estimate of drug-likeness (QED) is 0.444. The summed E-state index contributed by atoms with van der Waals surface area (Å²) in [7, 11) is 1.65. The van der Waals surface area contributed by atoms with Crippen LogP contribution in [0.2, 0.25) is 0 Å². The Bertz CT molecular complexity index is 1090. The van der Waals surface area contributed by atoms with Gasteiger partial charge in [-0.05, 0) is 18.2 Å². The Hall–Kier alpha value is -3.24. The van der Waals surface area contributed by atoms with Gasteiger partial charge in [0.2, 0.25) is 0 Å². The van der Waals surface area contributed by atoms with E-state index in [1.54, 1.807) is 30.6 Å². The first kappa shape index (κ1) is 21.0. The lowest BCUT2D eigenvalue weighted by Gasteiger charge is -2.34. The number of nitrogens with one attached hydrogen (secondary N) is 1. The zero-order chi connectivity index (χ0) is 21.8. The number of hydrogen-bond donors (Lipinski definition) is 1. The number of nitro groups is 1. The Morgan fingerprint density at radius 1 is 1.19 bits per heavy atom. The first-order valence-corrected chi connectivity index (χ1v) is 10.8. The first-order valence-electron chi connectivity index (χ1n) is 9.99. The maximum absolute atomic E-state index is 12.3. The van der Waals surface area contributed by atoms with E-state index >= 15 is 0 Å². The number of para-hydroxylation sites is 2. The summed E-state index contributed by atoms with van der Waals surface area (Å²) in [5.74, 6) is 0.363. The number of anilines is 1. The van der Waals surface area contributed by atoms with Crippen molar-refractivity contribution >= 4 is 38.3 Å². The predicted molar refractivity (Wildman–Crippen MR) is 120 cm³/mol. The number of nitro benzene ring substituents is 1. The van der Waals surface area contributed by atoms with Crippen LogP contribution in [-0.4, -0.2) is 67.1 Å². The third kappa shape index (κ3) is 4.59. The van der Waals surface area contributed by atoms with E-state index in [0.29, 0.717) is 13.1 Å². The Kier molecular flexibility index (Phi) is 6.28. The van der Waals surface area contributed by atoms with Crippen LogP contribution in [0.15, 0.2) is 42.5 Å². The average molecular weight is 442 g/mol. The van der Waals surface area contributed by atoms with Gasteiger partial charge in [-0.2, -0.15) is 0 Å². The van der Waals surface area contributed by atoms with Crippen LogP contribution >= 0.6 is 11.3 Å². The molecule has 9 nitrogen and oxygen atoms in total. The minimum Gasteiger partial charge on any atom is -0.494 e. The molecule has 0 aliphatic carbocycles. The fourth-order valence-corrected chi connectivity index (χ4v) is 4.66. The molecular weight excluding hydrogens is 418 g/mol. The topological polar surface area (TPSA) is 101 Å². The molecule has 10 heteroatoms. The summed E-state index contributed by atoms with van der Waals surface area (Å²) < 4.78 is 6.51. The first-order chi connectivity index (χ1) is 15.1. The van der Waals surface area contributed by atoms with Crippen LogP contribution in [0.4, 0.5) is 10.8 Å². The van der Waals surface area contributed by atoms with Crippen LogP contribution in [0.5, 0.6) is 5.75 Å². The van der Waals surface area contributed by atoms with Crippen molar-refractivity contribution in [3.05, 3.63) is 58.1 Å². The lowest BCUT2D eigenvalue weighted by molar-refractivity contribution is -0.385. The molecule has 1 fully saturated rings. The molecule has 2 aromatic carbocycles. The Balaban J connectivity index is 1.28. The van der Waals surface area contributed by atoms with Crippen molar-refractivity contribution in [3.63, 3.8) is 0 Å². The number of benzene rings is 2. The second kappa shape index (κ2) is 9.27. The number of thiazole rings is 1. The SMILES string of the molecule is COc1cccc2sc(N3CCN(CCNC(=O)c4ccccc4[N+](=O)[O-])CC3)nc12. The number of ether oxygens (including phenoxy) is 1. The lowest BCUT2D eigenvalue weighted by atomic mass is 10.1. The van der Waals surface area contributed by atoms with Gasteiger partial charge in [0.15, 0.2) is 5.13 Å². The van der Waals surface area contributed by atoms with E-state index in [2.05, 4.69) is 21.2 Å². The van der Waals surface area contributed by atoms with Crippen molar-refractivity contribution in [1.82, 2.24) is 15.2 Å². The molecule has 1 aromatic heterocycles. The average Bonchev–Trinajstić information content (AvgIpc) is 3.24. The molecule has 1 aliphatic rings. The largest absolute Gasteiger partial charge is 0.494 e. The number of hydrogen-bond acceptors (Lipinski definition) is 8.